The molecule has 0 bridgehead atoms. The van der Waals surface area contributed by atoms with Crippen LogP contribution in [0.1, 0.15) is 6.92 Å². The lowest BCUT2D eigenvalue weighted by molar-refractivity contribution is 0.650. The van der Waals surface area contributed by atoms with Crippen molar-refractivity contribution in [2.75, 3.05) is 9.80 Å². The van der Waals surface area contributed by atoms with Crippen molar-refractivity contribution >= 4 is 44.8 Å². The molecule has 2 aromatic heterocycles. The van der Waals surface area contributed by atoms with Gasteiger partial charge in [0.2, 0.25) is 5.71 Å². The van der Waals surface area contributed by atoms with Gasteiger partial charge in [-0.1, -0.05) is 42.5 Å². The molecule has 1 aliphatic heterocycles. The van der Waals surface area contributed by atoms with Crippen LogP contribution in [0.5, 0.6) is 0 Å². The van der Waals surface area contributed by atoms with Crippen molar-refractivity contribution in [3.63, 3.8) is 0 Å². The highest BCUT2D eigenvalue weighted by molar-refractivity contribution is 6.09. The van der Waals surface area contributed by atoms with Crippen LogP contribution in [0, 0.1) is 0 Å². The molecule has 0 fully saturated rings. The molecule has 0 aliphatic carbocycles. The lowest BCUT2D eigenvalue weighted by atomic mass is 10.1. The minimum atomic E-state index is 0.0987. The number of para-hydroxylation sites is 4. The fraction of sp³-hybridized carbons (Fsp3) is 0.0800. The van der Waals surface area contributed by atoms with E-state index in [4.69, 9.17) is 4.42 Å². The molecule has 140 valence electrons. The maximum atomic E-state index is 6.23. The van der Waals surface area contributed by atoms with Gasteiger partial charge in [0.1, 0.15) is 6.17 Å². The number of aromatic nitrogens is 1. The second-order valence-corrected chi connectivity index (χ2v) is 7.31. The van der Waals surface area contributed by atoms with E-state index >= 15 is 0 Å². The maximum absolute atomic E-state index is 6.23. The van der Waals surface area contributed by atoms with Gasteiger partial charge in [0, 0.05) is 22.7 Å². The molecule has 0 amide bonds. The van der Waals surface area contributed by atoms with Gasteiger partial charge >= 0.3 is 0 Å². The van der Waals surface area contributed by atoms with Crippen LogP contribution in [-0.4, -0.2) is 11.1 Å². The number of rotatable bonds is 2. The van der Waals surface area contributed by atoms with Crippen LogP contribution in [0.25, 0.3) is 22.1 Å². The number of nitrogens with zero attached hydrogens (tertiary/aromatic N) is 3. The summed E-state index contributed by atoms with van der Waals surface area (Å²) in [4.78, 5) is 9.14. The highest BCUT2D eigenvalue weighted by Gasteiger charge is 2.35. The van der Waals surface area contributed by atoms with E-state index in [2.05, 4.69) is 101 Å². The van der Waals surface area contributed by atoms with E-state index in [0.29, 0.717) is 5.71 Å². The molecule has 1 aliphatic rings. The highest BCUT2D eigenvalue weighted by Crippen LogP contribution is 2.49. The second-order valence-electron chi connectivity index (χ2n) is 7.31. The van der Waals surface area contributed by atoms with Gasteiger partial charge in [-0.05, 0) is 49.4 Å². The molecule has 29 heavy (non-hydrogen) atoms. The molecule has 0 spiro atoms. The summed E-state index contributed by atoms with van der Waals surface area (Å²) in [6, 6.07) is 29.4. The molecule has 1 unspecified atom stereocenters. The van der Waals surface area contributed by atoms with Crippen molar-refractivity contribution in [3.05, 3.63) is 91.1 Å². The van der Waals surface area contributed by atoms with Crippen LogP contribution in [0.4, 0.5) is 22.7 Å². The van der Waals surface area contributed by atoms with Gasteiger partial charge in [-0.2, -0.15) is 0 Å². The Balaban J connectivity index is 1.60. The third-order valence-electron chi connectivity index (χ3n) is 5.70. The monoisotopic (exact) mass is 377 g/mol. The van der Waals surface area contributed by atoms with Crippen LogP contribution >= 0.6 is 0 Å². The van der Waals surface area contributed by atoms with Crippen molar-refractivity contribution in [3.8, 4) is 0 Å². The fourth-order valence-electron chi connectivity index (χ4n) is 4.47. The Hall–Kier alpha value is -3.79. The first-order valence-corrected chi connectivity index (χ1v) is 9.82. The van der Waals surface area contributed by atoms with E-state index in [1.807, 2.05) is 6.07 Å². The first-order valence-electron chi connectivity index (χ1n) is 9.82. The van der Waals surface area contributed by atoms with E-state index in [0.717, 1.165) is 22.0 Å². The molecular formula is C25H19N3O. The predicted octanol–water partition coefficient (Wildman–Crippen LogP) is 6.62. The van der Waals surface area contributed by atoms with Gasteiger partial charge in [-0.3, -0.25) is 0 Å². The maximum Gasteiger partial charge on any atom is 0.227 e. The van der Waals surface area contributed by atoms with Crippen LogP contribution in [0.15, 0.2) is 95.5 Å². The number of furan rings is 1. The standard InChI is InChI=1S/C25H19N3O/c1-17-27(18-9-3-2-4-10-18)21-13-5-6-14-22(21)28(17)23-15-7-11-19-20-12-8-16-26-25(20)29-24(19)23/h2-17H,1H3. The molecule has 4 nitrogen and oxygen atoms in total. The van der Waals surface area contributed by atoms with Crippen LogP contribution in [-0.2, 0) is 0 Å². The summed E-state index contributed by atoms with van der Waals surface area (Å²) in [6.45, 7) is 2.23. The van der Waals surface area contributed by atoms with Crippen molar-refractivity contribution in [2.45, 2.75) is 13.1 Å². The van der Waals surface area contributed by atoms with Crippen LogP contribution < -0.4 is 9.80 Å². The minimum Gasteiger partial charge on any atom is -0.436 e. The molecule has 0 N–H and O–H groups in total. The van der Waals surface area contributed by atoms with Gasteiger partial charge in [0.15, 0.2) is 5.58 Å². The summed E-state index contributed by atoms with van der Waals surface area (Å²) >= 11 is 0. The zero-order valence-electron chi connectivity index (χ0n) is 16.0. The fourth-order valence-corrected chi connectivity index (χ4v) is 4.47. The molecule has 0 saturated heterocycles. The van der Waals surface area contributed by atoms with Crippen molar-refractivity contribution in [1.82, 2.24) is 4.98 Å². The third kappa shape index (κ3) is 2.29. The lowest BCUT2D eigenvalue weighted by Crippen LogP contribution is -2.35. The van der Waals surface area contributed by atoms with Gasteiger partial charge in [0.05, 0.1) is 17.1 Å². The average molecular weight is 377 g/mol. The Kier molecular flexibility index (Phi) is 3.41. The average Bonchev–Trinajstić information content (AvgIpc) is 3.29. The highest BCUT2D eigenvalue weighted by atomic mass is 16.3. The van der Waals surface area contributed by atoms with Gasteiger partial charge in [0.25, 0.3) is 0 Å². The molecule has 3 aromatic carbocycles. The number of pyridine rings is 1. The Morgan fingerprint density at radius 2 is 1.38 bits per heavy atom. The smallest absolute Gasteiger partial charge is 0.227 e. The third-order valence-corrected chi connectivity index (χ3v) is 5.70. The molecule has 0 radical (unpaired) electrons. The molecule has 5 aromatic rings. The molecule has 1 atom stereocenters. The summed E-state index contributed by atoms with van der Waals surface area (Å²) in [5, 5.41) is 2.14. The SMILES string of the molecule is CC1N(c2ccccc2)c2ccccc2N1c1cccc2c1oc1ncccc12. The van der Waals surface area contributed by atoms with Crippen LogP contribution in [0.2, 0.25) is 0 Å². The van der Waals surface area contributed by atoms with Crippen molar-refractivity contribution in [1.29, 1.82) is 0 Å². The van der Waals surface area contributed by atoms with Crippen molar-refractivity contribution < 1.29 is 4.42 Å². The van der Waals surface area contributed by atoms with E-state index in [1.165, 1.54) is 17.1 Å². The molecule has 4 heteroatoms. The molecule has 6 rings (SSSR count). The Morgan fingerprint density at radius 1 is 0.690 bits per heavy atom. The van der Waals surface area contributed by atoms with E-state index in [9.17, 15) is 0 Å². The molecule has 3 heterocycles. The summed E-state index contributed by atoms with van der Waals surface area (Å²) in [6.07, 6.45) is 1.87. The minimum absolute atomic E-state index is 0.0987. The largest absolute Gasteiger partial charge is 0.436 e. The summed E-state index contributed by atoms with van der Waals surface area (Å²) in [5.74, 6) is 0. The summed E-state index contributed by atoms with van der Waals surface area (Å²) in [5.41, 5.74) is 6.14. The second kappa shape index (κ2) is 6.11. The quantitative estimate of drug-likeness (QED) is 0.346. The zero-order valence-corrected chi connectivity index (χ0v) is 16.0. The van der Waals surface area contributed by atoms with E-state index < -0.39 is 0 Å². The predicted molar refractivity (Wildman–Crippen MR) is 118 cm³/mol. The first-order chi connectivity index (χ1) is 14.3. The Morgan fingerprint density at radius 3 is 2.21 bits per heavy atom. The van der Waals surface area contributed by atoms with Gasteiger partial charge in [-0.15, -0.1) is 0 Å². The number of fused-ring (bicyclic) bond motifs is 4. The molecular weight excluding hydrogens is 358 g/mol. The number of hydrogen-bond acceptors (Lipinski definition) is 4. The number of hydrogen-bond donors (Lipinski definition) is 0. The molecule has 0 saturated carbocycles. The van der Waals surface area contributed by atoms with Gasteiger partial charge in [-0.25, -0.2) is 4.98 Å². The van der Waals surface area contributed by atoms with Crippen LogP contribution in [0.3, 0.4) is 0 Å². The normalized spacial score (nSPS) is 16.0. The zero-order chi connectivity index (χ0) is 19.4. The van der Waals surface area contributed by atoms with E-state index in [-0.39, 0.29) is 6.17 Å². The summed E-state index contributed by atoms with van der Waals surface area (Å²) in [7, 11) is 0. The van der Waals surface area contributed by atoms with Crippen molar-refractivity contribution in [2.24, 2.45) is 0 Å². The Bertz CT molecular complexity index is 1340. The van der Waals surface area contributed by atoms with E-state index in [1.54, 1.807) is 6.20 Å². The number of anilines is 4. The van der Waals surface area contributed by atoms with Gasteiger partial charge < -0.3 is 14.2 Å². The number of benzene rings is 3. The Labute approximate surface area is 168 Å². The lowest BCUT2D eigenvalue weighted by Gasteiger charge is -2.30. The first kappa shape index (κ1) is 16.2. The summed E-state index contributed by atoms with van der Waals surface area (Å²) < 4.78 is 6.23. The topological polar surface area (TPSA) is 32.5 Å².